The zero-order valence-electron chi connectivity index (χ0n) is 12.2. The summed E-state index contributed by atoms with van der Waals surface area (Å²) in [6.07, 6.45) is 2.28. The molecule has 0 saturated carbocycles. The first kappa shape index (κ1) is 15.4. The lowest BCUT2D eigenvalue weighted by Crippen LogP contribution is -2.50. The van der Waals surface area contributed by atoms with E-state index in [1.807, 2.05) is 6.92 Å². The van der Waals surface area contributed by atoms with Crippen LogP contribution in [0, 0.1) is 11.8 Å². The minimum atomic E-state index is -0.739. The number of hydrogen-bond donors (Lipinski definition) is 2. The van der Waals surface area contributed by atoms with Crippen LogP contribution in [0.4, 0.5) is 0 Å². The summed E-state index contributed by atoms with van der Waals surface area (Å²) in [6, 6.07) is 0. The highest BCUT2D eigenvalue weighted by molar-refractivity contribution is 5.78. The molecule has 0 amide bonds. The third-order valence-electron chi connectivity index (χ3n) is 4.63. The van der Waals surface area contributed by atoms with E-state index in [2.05, 4.69) is 24.1 Å². The van der Waals surface area contributed by atoms with Gasteiger partial charge in [0.05, 0.1) is 0 Å². The molecule has 0 radical (unpaired) electrons. The maximum absolute atomic E-state index is 11.3. The molecule has 1 aliphatic rings. The van der Waals surface area contributed by atoms with Crippen LogP contribution in [0.5, 0.6) is 0 Å². The molecular weight excluding hydrogens is 228 g/mol. The molecule has 0 bridgehead atoms. The van der Waals surface area contributed by atoms with Gasteiger partial charge in [0, 0.05) is 13.1 Å². The Balaban J connectivity index is 2.38. The topological polar surface area (TPSA) is 52.6 Å². The van der Waals surface area contributed by atoms with Gasteiger partial charge in [0.2, 0.25) is 0 Å². The van der Waals surface area contributed by atoms with E-state index in [4.69, 9.17) is 0 Å². The van der Waals surface area contributed by atoms with E-state index in [9.17, 15) is 9.90 Å². The molecule has 0 aromatic rings. The molecule has 18 heavy (non-hydrogen) atoms. The van der Waals surface area contributed by atoms with E-state index < -0.39 is 11.5 Å². The van der Waals surface area contributed by atoms with Crippen molar-refractivity contribution >= 4 is 5.97 Å². The van der Waals surface area contributed by atoms with Gasteiger partial charge in [0.1, 0.15) is 5.54 Å². The van der Waals surface area contributed by atoms with Gasteiger partial charge in [-0.05, 0) is 44.7 Å². The molecule has 4 heteroatoms. The number of rotatable bonds is 7. The van der Waals surface area contributed by atoms with Crippen LogP contribution in [0.25, 0.3) is 0 Å². The lowest BCUT2D eigenvalue weighted by atomic mass is 9.90. The molecule has 1 heterocycles. The van der Waals surface area contributed by atoms with Crippen molar-refractivity contribution < 1.29 is 9.90 Å². The van der Waals surface area contributed by atoms with Crippen LogP contribution in [0.1, 0.15) is 40.0 Å². The van der Waals surface area contributed by atoms with Crippen LogP contribution < -0.4 is 5.32 Å². The fraction of sp³-hybridized carbons (Fsp3) is 0.929. The largest absolute Gasteiger partial charge is 0.480 e. The zero-order valence-corrected chi connectivity index (χ0v) is 12.2. The Hall–Kier alpha value is -0.610. The molecular formula is C14H28N2O2. The number of likely N-dealkylation sites (tertiary alicyclic amines) is 1. The second kappa shape index (κ2) is 6.53. The smallest absolute Gasteiger partial charge is 0.323 e. The minimum absolute atomic E-state index is 0.631. The van der Waals surface area contributed by atoms with Crippen LogP contribution >= 0.6 is 0 Å². The lowest BCUT2D eigenvalue weighted by Gasteiger charge is -2.28. The summed E-state index contributed by atoms with van der Waals surface area (Å²) in [7, 11) is 1.75. The van der Waals surface area contributed by atoms with Crippen molar-refractivity contribution in [2.24, 2.45) is 11.8 Å². The summed E-state index contributed by atoms with van der Waals surface area (Å²) in [6.45, 7) is 9.87. The number of carbonyl (C=O) groups is 1. The number of nitrogens with zero attached hydrogens (tertiary/aromatic N) is 1. The molecule has 1 fully saturated rings. The van der Waals surface area contributed by atoms with Crippen LogP contribution in [-0.4, -0.2) is 48.2 Å². The van der Waals surface area contributed by atoms with Crippen LogP contribution in [0.3, 0.4) is 0 Å². The quantitative estimate of drug-likeness (QED) is 0.729. The van der Waals surface area contributed by atoms with E-state index in [-0.39, 0.29) is 0 Å². The first-order chi connectivity index (χ1) is 8.45. The maximum Gasteiger partial charge on any atom is 0.323 e. The molecule has 0 aliphatic carbocycles. The van der Waals surface area contributed by atoms with Gasteiger partial charge in [-0.1, -0.05) is 20.8 Å². The van der Waals surface area contributed by atoms with Gasteiger partial charge in [-0.3, -0.25) is 4.79 Å². The molecule has 2 N–H and O–H groups in total. The molecule has 4 nitrogen and oxygen atoms in total. The molecule has 3 atom stereocenters. The summed E-state index contributed by atoms with van der Waals surface area (Å²) in [5.74, 6) is 0.810. The molecule has 106 valence electrons. The number of likely N-dealkylation sites (N-methyl/N-ethyl adjacent to an activating group) is 1. The standard InChI is InChI=1S/C14H28N2O2/c1-5-14(15-4,13(17)18)7-6-8-16-9-11(2)12(3)10-16/h11-12,15H,5-10H2,1-4H3,(H,17,18). The fourth-order valence-corrected chi connectivity index (χ4v) is 2.88. The third kappa shape index (κ3) is 3.45. The van der Waals surface area contributed by atoms with Gasteiger partial charge >= 0.3 is 5.97 Å². The van der Waals surface area contributed by atoms with Crippen molar-refractivity contribution in [1.29, 1.82) is 0 Å². The average molecular weight is 256 g/mol. The average Bonchev–Trinajstić information content (AvgIpc) is 2.64. The summed E-state index contributed by atoms with van der Waals surface area (Å²) in [5.41, 5.74) is -0.739. The first-order valence-electron chi connectivity index (χ1n) is 7.10. The van der Waals surface area contributed by atoms with Gasteiger partial charge in [0.15, 0.2) is 0 Å². The minimum Gasteiger partial charge on any atom is -0.480 e. The highest BCUT2D eigenvalue weighted by Crippen LogP contribution is 2.23. The first-order valence-corrected chi connectivity index (χ1v) is 7.10. The Morgan fingerprint density at radius 2 is 1.94 bits per heavy atom. The lowest BCUT2D eigenvalue weighted by molar-refractivity contribution is -0.145. The van der Waals surface area contributed by atoms with Crippen molar-refractivity contribution in [3.05, 3.63) is 0 Å². The zero-order chi connectivity index (χ0) is 13.8. The Bertz CT molecular complexity index is 267. The van der Waals surface area contributed by atoms with E-state index in [1.165, 1.54) is 0 Å². The van der Waals surface area contributed by atoms with Gasteiger partial charge < -0.3 is 15.3 Å². The molecule has 1 aliphatic heterocycles. The molecule has 3 unspecified atom stereocenters. The van der Waals surface area contributed by atoms with Gasteiger partial charge in [-0.25, -0.2) is 0 Å². The number of aliphatic carboxylic acids is 1. The van der Waals surface area contributed by atoms with Crippen molar-refractivity contribution in [2.45, 2.75) is 45.6 Å². The Morgan fingerprint density at radius 3 is 2.33 bits per heavy atom. The summed E-state index contributed by atoms with van der Waals surface area (Å²) in [5, 5.41) is 12.3. The Kier molecular flexibility index (Phi) is 5.60. The molecule has 0 aromatic carbocycles. The third-order valence-corrected chi connectivity index (χ3v) is 4.63. The molecule has 0 aromatic heterocycles. The van der Waals surface area contributed by atoms with E-state index >= 15 is 0 Å². The number of nitrogens with one attached hydrogen (secondary N) is 1. The molecule has 0 spiro atoms. The van der Waals surface area contributed by atoms with Gasteiger partial charge in [-0.15, -0.1) is 0 Å². The van der Waals surface area contributed by atoms with E-state index in [0.29, 0.717) is 12.8 Å². The van der Waals surface area contributed by atoms with Crippen molar-refractivity contribution in [2.75, 3.05) is 26.7 Å². The fourth-order valence-electron chi connectivity index (χ4n) is 2.88. The van der Waals surface area contributed by atoms with Crippen molar-refractivity contribution in [1.82, 2.24) is 10.2 Å². The Labute approximate surface area is 111 Å². The number of carboxylic acid groups (broad SMARTS) is 1. The second-order valence-corrected chi connectivity index (χ2v) is 5.81. The second-order valence-electron chi connectivity index (χ2n) is 5.81. The van der Waals surface area contributed by atoms with Gasteiger partial charge in [0.25, 0.3) is 0 Å². The highest BCUT2D eigenvalue weighted by atomic mass is 16.4. The predicted octanol–water partition coefficient (Wildman–Crippen LogP) is 1.81. The van der Waals surface area contributed by atoms with E-state index in [1.54, 1.807) is 7.05 Å². The number of carboxylic acids is 1. The Morgan fingerprint density at radius 1 is 1.39 bits per heavy atom. The molecule has 1 saturated heterocycles. The summed E-state index contributed by atoms with van der Waals surface area (Å²) < 4.78 is 0. The highest BCUT2D eigenvalue weighted by Gasteiger charge is 2.34. The van der Waals surface area contributed by atoms with Crippen molar-refractivity contribution in [3.8, 4) is 0 Å². The maximum atomic E-state index is 11.3. The summed E-state index contributed by atoms with van der Waals surface area (Å²) >= 11 is 0. The van der Waals surface area contributed by atoms with Crippen LogP contribution in [0.2, 0.25) is 0 Å². The normalized spacial score (nSPS) is 28.2. The SMILES string of the molecule is CCC(CCCN1CC(C)C(C)C1)(NC)C(=O)O. The van der Waals surface area contributed by atoms with Gasteiger partial charge in [-0.2, -0.15) is 0 Å². The number of hydrogen-bond acceptors (Lipinski definition) is 3. The monoisotopic (exact) mass is 256 g/mol. The van der Waals surface area contributed by atoms with Crippen LogP contribution in [-0.2, 0) is 4.79 Å². The summed E-state index contributed by atoms with van der Waals surface area (Å²) in [4.78, 5) is 13.8. The predicted molar refractivity (Wildman–Crippen MR) is 73.7 cm³/mol. The van der Waals surface area contributed by atoms with Crippen LogP contribution in [0.15, 0.2) is 0 Å². The van der Waals surface area contributed by atoms with E-state index in [0.717, 1.165) is 37.9 Å². The van der Waals surface area contributed by atoms with Crippen molar-refractivity contribution in [3.63, 3.8) is 0 Å². The molecule has 1 rings (SSSR count).